The molecule has 1 saturated heterocycles. The third-order valence-corrected chi connectivity index (χ3v) is 5.39. The van der Waals surface area contributed by atoms with Crippen molar-refractivity contribution in [1.82, 2.24) is 15.1 Å². The summed E-state index contributed by atoms with van der Waals surface area (Å²) < 4.78 is 5.43. The quantitative estimate of drug-likeness (QED) is 0.845. The molecule has 0 aromatic rings. The summed E-state index contributed by atoms with van der Waals surface area (Å²) in [4.78, 5) is 28.8. The molecule has 3 amide bonds. The van der Waals surface area contributed by atoms with Gasteiger partial charge in [-0.25, -0.2) is 9.59 Å². The van der Waals surface area contributed by atoms with E-state index in [1.54, 1.807) is 4.90 Å². The van der Waals surface area contributed by atoms with Crippen LogP contribution < -0.4 is 5.32 Å². The molecule has 3 rings (SSSR count). The van der Waals surface area contributed by atoms with E-state index >= 15 is 0 Å². The highest BCUT2D eigenvalue weighted by atomic mass is 16.6. The number of amides is 3. The molecule has 25 heavy (non-hydrogen) atoms. The van der Waals surface area contributed by atoms with Crippen LogP contribution in [0.15, 0.2) is 0 Å². The Hall–Kier alpha value is -1.46. The molecule has 0 spiro atoms. The van der Waals surface area contributed by atoms with Gasteiger partial charge in [0, 0.05) is 31.2 Å². The first kappa shape index (κ1) is 18.3. The van der Waals surface area contributed by atoms with E-state index in [2.05, 4.69) is 17.1 Å². The van der Waals surface area contributed by atoms with E-state index in [1.165, 1.54) is 12.8 Å². The van der Waals surface area contributed by atoms with E-state index in [4.69, 9.17) is 4.74 Å². The third-order valence-electron chi connectivity index (χ3n) is 5.39. The zero-order valence-corrected chi connectivity index (χ0v) is 16.1. The summed E-state index contributed by atoms with van der Waals surface area (Å²) in [5, 5.41) is 3.22. The maximum atomic E-state index is 12.8. The lowest BCUT2D eigenvalue weighted by Gasteiger charge is -2.36. The van der Waals surface area contributed by atoms with Crippen molar-refractivity contribution in [1.29, 1.82) is 0 Å². The molecule has 2 saturated carbocycles. The van der Waals surface area contributed by atoms with Crippen LogP contribution in [0.4, 0.5) is 9.59 Å². The predicted molar refractivity (Wildman–Crippen MR) is 96.4 cm³/mol. The number of carbonyl (C=O) groups is 2. The fourth-order valence-corrected chi connectivity index (χ4v) is 3.62. The second kappa shape index (κ2) is 7.04. The summed E-state index contributed by atoms with van der Waals surface area (Å²) in [6, 6.07) is 1.04. The molecule has 2 aliphatic carbocycles. The Labute approximate surface area is 151 Å². The standard InChI is InChI=1S/C19H33N3O3/c1-13(14-5-6-14)22(16-7-8-16)17(23)20-15-9-11-21(12-10-15)18(24)25-19(2,3)4/h13-16H,5-12H2,1-4H3,(H,20,23). The minimum absolute atomic E-state index is 0.0950. The lowest BCUT2D eigenvalue weighted by Crippen LogP contribution is -2.53. The number of piperidine rings is 1. The molecule has 0 aromatic carbocycles. The van der Waals surface area contributed by atoms with E-state index in [9.17, 15) is 9.59 Å². The topological polar surface area (TPSA) is 61.9 Å². The molecule has 1 unspecified atom stereocenters. The van der Waals surface area contributed by atoms with Crippen molar-refractivity contribution in [3.63, 3.8) is 0 Å². The lowest BCUT2D eigenvalue weighted by atomic mass is 10.1. The molecular formula is C19H33N3O3. The van der Waals surface area contributed by atoms with Crippen LogP contribution in [0.3, 0.4) is 0 Å². The third kappa shape index (κ3) is 5.02. The molecule has 6 heteroatoms. The van der Waals surface area contributed by atoms with Crippen LogP contribution in [0.25, 0.3) is 0 Å². The molecule has 142 valence electrons. The molecule has 1 N–H and O–H groups in total. The Kier molecular flexibility index (Phi) is 5.16. The van der Waals surface area contributed by atoms with Gasteiger partial charge in [0.1, 0.15) is 5.60 Å². The number of rotatable bonds is 4. The van der Waals surface area contributed by atoms with E-state index in [0.29, 0.717) is 31.1 Å². The van der Waals surface area contributed by atoms with Crippen molar-refractivity contribution in [2.75, 3.05) is 13.1 Å². The first-order valence-corrected chi connectivity index (χ1v) is 9.81. The maximum absolute atomic E-state index is 12.8. The minimum Gasteiger partial charge on any atom is -0.444 e. The highest BCUT2D eigenvalue weighted by Crippen LogP contribution is 2.39. The zero-order chi connectivity index (χ0) is 18.2. The molecule has 3 aliphatic rings. The number of carbonyl (C=O) groups excluding carboxylic acids is 2. The average Bonchev–Trinajstić information content (AvgIpc) is 3.39. The van der Waals surface area contributed by atoms with E-state index in [0.717, 1.165) is 25.7 Å². The van der Waals surface area contributed by atoms with E-state index in [1.807, 2.05) is 20.8 Å². The van der Waals surface area contributed by atoms with Gasteiger partial charge in [0.2, 0.25) is 0 Å². The summed E-state index contributed by atoms with van der Waals surface area (Å²) in [6.45, 7) is 9.12. The number of ether oxygens (including phenoxy) is 1. The van der Waals surface area contributed by atoms with Gasteiger partial charge in [0.15, 0.2) is 0 Å². The largest absolute Gasteiger partial charge is 0.444 e. The highest BCUT2D eigenvalue weighted by molar-refractivity contribution is 5.76. The van der Waals surface area contributed by atoms with Gasteiger partial charge in [-0.3, -0.25) is 0 Å². The fourth-order valence-electron chi connectivity index (χ4n) is 3.62. The van der Waals surface area contributed by atoms with Crippen LogP contribution in [-0.2, 0) is 4.74 Å². The first-order chi connectivity index (χ1) is 11.7. The number of nitrogens with zero attached hydrogens (tertiary/aromatic N) is 2. The Morgan fingerprint density at radius 3 is 2.16 bits per heavy atom. The number of urea groups is 1. The van der Waals surface area contributed by atoms with Crippen LogP contribution in [0.2, 0.25) is 0 Å². The molecular weight excluding hydrogens is 318 g/mol. The normalized spacial score (nSPS) is 23.1. The Bertz CT molecular complexity index is 501. The van der Waals surface area contributed by atoms with Crippen molar-refractivity contribution in [3.05, 3.63) is 0 Å². The maximum Gasteiger partial charge on any atom is 0.410 e. The summed E-state index contributed by atoms with van der Waals surface area (Å²) in [6.07, 6.45) is 6.13. The van der Waals surface area contributed by atoms with Crippen LogP contribution in [-0.4, -0.2) is 58.7 Å². The van der Waals surface area contributed by atoms with Gasteiger partial charge in [-0.05, 0) is 72.1 Å². The van der Waals surface area contributed by atoms with Gasteiger partial charge < -0.3 is 19.9 Å². The fraction of sp³-hybridized carbons (Fsp3) is 0.895. The SMILES string of the molecule is CC(C1CC1)N(C(=O)NC1CCN(C(=O)OC(C)(C)C)CC1)C1CC1. The molecule has 3 fully saturated rings. The van der Waals surface area contributed by atoms with Crippen LogP contribution in [0, 0.1) is 5.92 Å². The summed E-state index contributed by atoms with van der Waals surface area (Å²) >= 11 is 0. The number of likely N-dealkylation sites (tertiary alicyclic amines) is 1. The van der Waals surface area contributed by atoms with Gasteiger partial charge in [-0.2, -0.15) is 0 Å². The molecule has 0 aromatic heterocycles. The van der Waals surface area contributed by atoms with Gasteiger partial charge in [0.25, 0.3) is 0 Å². The molecule has 0 bridgehead atoms. The number of hydrogen-bond acceptors (Lipinski definition) is 3. The van der Waals surface area contributed by atoms with Crippen molar-refractivity contribution in [3.8, 4) is 0 Å². The van der Waals surface area contributed by atoms with Gasteiger partial charge >= 0.3 is 12.1 Å². The molecule has 1 atom stereocenters. The van der Waals surface area contributed by atoms with Crippen LogP contribution in [0.1, 0.15) is 66.2 Å². The van der Waals surface area contributed by atoms with Crippen molar-refractivity contribution >= 4 is 12.1 Å². The Morgan fingerprint density at radius 1 is 1.08 bits per heavy atom. The summed E-state index contributed by atoms with van der Waals surface area (Å²) in [5.74, 6) is 0.695. The first-order valence-electron chi connectivity index (χ1n) is 9.81. The molecule has 0 radical (unpaired) electrons. The highest BCUT2D eigenvalue weighted by Gasteiger charge is 2.42. The van der Waals surface area contributed by atoms with E-state index < -0.39 is 5.60 Å². The zero-order valence-electron chi connectivity index (χ0n) is 16.1. The van der Waals surface area contributed by atoms with Gasteiger partial charge in [-0.1, -0.05) is 0 Å². The predicted octanol–water partition coefficient (Wildman–Crippen LogP) is 3.36. The second-order valence-electron chi connectivity index (χ2n) is 8.91. The van der Waals surface area contributed by atoms with Gasteiger partial charge in [0.05, 0.1) is 0 Å². The molecule has 6 nitrogen and oxygen atoms in total. The van der Waals surface area contributed by atoms with Crippen molar-refractivity contribution < 1.29 is 14.3 Å². The van der Waals surface area contributed by atoms with Crippen molar-refractivity contribution in [2.45, 2.75) is 89.9 Å². The average molecular weight is 351 g/mol. The molecule has 1 heterocycles. The lowest BCUT2D eigenvalue weighted by molar-refractivity contribution is 0.0200. The van der Waals surface area contributed by atoms with Crippen LogP contribution in [0.5, 0.6) is 0 Å². The number of hydrogen-bond donors (Lipinski definition) is 1. The summed E-state index contributed by atoms with van der Waals surface area (Å²) in [5.41, 5.74) is -0.466. The second-order valence-corrected chi connectivity index (χ2v) is 8.91. The smallest absolute Gasteiger partial charge is 0.410 e. The monoisotopic (exact) mass is 351 g/mol. The van der Waals surface area contributed by atoms with Crippen LogP contribution >= 0.6 is 0 Å². The minimum atomic E-state index is -0.466. The Morgan fingerprint density at radius 2 is 1.68 bits per heavy atom. The number of nitrogens with one attached hydrogen (secondary N) is 1. The van der Waals surface area contributed by atoms with Crippen molar-refractivity contribution in [2.24, 2.45) is 5.92 Å². The summed E-state index contributed by atoms with van der Waals surface area (Å²) in [7, 11) is 0. The van der Waals surface area contributed by atoms with E-state index in [-0.39, 0.29) is 18.2 Å². The van der Waals surface area contributed by atoms with Gasteiger partial charge in [-0.15, -0.1) is 0 Å². The Balaban J connectivity index is 1.46. The molecule has 1 aliphatic heterocycles.